The minimum absolute atomic E-state index is 0.0796. The summed E-state index contributed by atoms with van der Waals surface area (Å²) in [6.45, 7) is 4.44. The number of rotatable bonds is 5. The van der Waals surface area contributed by atoms with Gasteiger partial charge in [-0.05, 0) is 48.9 Å². The van der Waals surface area contributed by atoms with Gasteiger partial charge in [0.15, 0.2) is 0 Å². The quantitative estimate of drug-likeness (QED) is 0.829. The Morgan fingerprint density at radius 2 is 1.68 bits per heavy atom. The molecule has 28 heavy (non-hydrogen) atoms. The van der Waals surface area contributed by atoms with Crippen molar-refractivity contribution in [1.82, 2.24) is 4.90 Å². The monoisotopic (exact) mass is 403 g/mol. The average molecular weight is 404 g/mol. The summed E-state index contributed by atoms with van der Waals surface area (Å²) in [6, 6.07) is 13.0. The van der Waals surface area contributed by atoms with Crippen LogP contribution in [0, 0.1) is 6.92 Å². The van der Waals surface area contributed by atoms with Crippen LogP contribution in [0.3, 0.4) is 0 Å². The van der Waals surface area contributed by atoms with Crippen LogP contribution in [-0.4, -0.2) is 58.8 Å². The smallest absolute Gasteiger partial charge is 0.254 e. The molecule has 0 aliphatic carbocycles. The fourth-order valence-electron chi connectivity index (χ4n) is 3.31. The zero-order valence-electron chi connectivity index (χ0n) is 16.3. The number of amides is 1. The van der Waals surface area contributed by atoms with E-state index in [1.54, 1.807) is 32.2 Å². The first-order valence-electron chi connectivity index (χ1n) is 9.04. The first-order valence-corrected chi connectivity index (χ1v) is 10.9. The van der Waals surface area contributed by atoms with Gasteiger partial charge in [0.25, 0.3) is 5.91 Å². The maximum atomic E-state index is 13.0. The fourth-order valence-corrected chi connectivity index (χ4v) is 3.93. The van der Waals surface area contributed by atoms with E-state index in [2.05, 4.69) is 9.62 Å². The van der Waals surface area contributed by atoms with E-state index in [1.165, 1.54) is 0 Å². The third kappa shape index (κ3) is 4.56. The normalized spacial score (nSPS) is 14.7. The molecule has 0 aromatic heterocycles. The highest BCUT2D eigenvalue weighted by Gasteiger charge is 2.24. The molecule has 1 saturated heterocycles. The molecule has 1 aliphatic rings. The number of hydrogen-bond acceptors (Lipinski definition) is 5. The Hall–Kier alpha value is -2.74. The molecule has 7 nitrogen and oxygen atoms in total. The Kier molecular flexibility index (Phi) is 5.79. The lowest BCUT2D eigenvalue weighted by atomic mass is 10.1. The number of ether oxygens (including phenoxy) is 1. The zero-order valence-corrected chi connectivity index (χ0v) is 17.1. The van der Waals surface area contributed by atoms with Crippen molar-refractivity contribution in [3.05, 3.63) is 53.6 Å². The molecule has 2 aromatic rings. The second-order valence-electron chi connectivity index (χ2n) is 6.83. The molecular formula is C20H25N3O4S. The Bertz CT molecular complexity index is 950. The number of hydrogen-bond donors (Lipinski definition) is 1. The summed E-state index contributed by atoms with van der Waals surface area (Å²) in [5, 5.41) is 0. The molecule has 1 N–H and O–H groups in total. The summed E-state index contributed by atoms with van der Waals surface area (Å²) in [5.41, 5.74) is 2.69. The minimum Gasteiger partial charge on any atom is -0.497 e. The number of carbonyl (C=O) groups excluding carboxylic acids is 1. The van der Waals surface area contributed by atoms with Gasteiger partial charge < -0.3 is 14.5 Å². The predicted octanol–water partition coefficient (Wildman–Crippen LogP) is 2.34. The van der Waals surface area contributed by atoms with Crippen molar-refractivity contribution in [2.24, 2.45) is 0 Å². The van der Waals surface area contributed by atoms with E-state index < -0.39 is 10.0 Å². The first-order chi connectivity index (χ1) is 13.3. The Morgan fingerprint density at radius 3 is 2.25 bits per heavy atom. The summed E-state index contributed by atoms with van der Waals surface area (Å²) < 4.78 is 30.7. The van der Waals surface area contributed by atoms with Crippen molar-refractivity contribution in [2.45, 2.75) is 6.92 Å². The van der Waals surface area contributed by atoms with Gasteiger partial charge in [-0.25, -0.2) is 8.42 Å². The maximum absolute atomic E-state index is 13.0. The Labute approximate surface area is 166 Å². The van der Waals surface area contributed by atoms with Crippen molar-refractivity contribution >= 4 is 27.3 Å². The molecule has 1 fully saturated rings. The van der Waals surface area contributed by atoms with Gasteiger partial charge in [0.1, 0.15) is 5.75 Å². The molecule has 8 heteroatoms. The number of anilines is 2. The molecule has 0 spiro atoms. The predicted molar refractivity (Wildman–Crippen MR) is 111 cm³/mol. The zero-order chi connectivity index (χ0) is 20.3. The van der Waals surface area contributed by atoms with Crippen LogP contribution >= 0.6 is 0 Å². The number of carbonyl (C=O) groups is 1. The number of piperazine rings is 1. The largest absolute Gasteiger partial charge is 0.497 e. The van der Waals surface area contributed by atoms with Crippen LogP contribution in [0.25, 0.3) is 0 Å². The van der Waals surface area contributed by atoms with Gasteiger partial charge >= 0.3 is 0 Å². The minimum atomic E-state index is -3.40. The summed E-state index contributed by atoms with van der Waals surface area (Å²) in [7, 11) is -1.76. The van der Waals surface area contributed by atoms with E-state index in [1.807, 2.05) is 29.2 Å². The third-order valence-electron chi connectivity index (χ3n) is 4.86. The SMILES string of the molecule is COc1ccc(N2CCN(C(=O)c3cccc(NS(C)(=O)=O)c3C)CC2)cc1. The second-order valence-corrected chi connectivity index (χ2v) is 8.58. The van der Waals surface area contributed by atoms with Gasteiger partial charge in [-0.15, -0.1) is 0 Å². The lowest BCUT2D eigenvalue weighted by Gasteiger charge is -2.36. The van der Waals surface area contributed by atoms with Crippen molar-refractivity contribution in [3.63, 3.8) is 0 Å². The topological polar surface area (TPSA) is 79.0 Å². The molecule has 0 radical (unpaired) electrons. The summed E-state index contributed by atoms with van der Waals surface area (Å²) >= 11 is 0. The van der Waals surface area contributed by atoms with E-state index in [-0.39, 0.29) is 5.91 Å². The van der Waals surface area contributed by atoms with Gasteiger partial charge in [0.05, 0.1) is 19.1 Å². The second kappa shape index (κ2) is 8.10. The van der Waals surface area contributed by atoms with Crippen molar-refractivity contribution in [3.8, 4) is 5.75 Å². The van der Waals surface area contributed by atoms with E-state index >= 15 is 0 Å². The van der Waals surface area contributed by atoms with Crippen molar-refractivity contribution in [1.29, 1.82) is 0 Å². The summed E-state index contributed by atoms with van der Waals surface area (Å²) in [6.07, 6.45) is 1.10. The third-order valence-corrected chi connectivity index (χ3v) is 5.45. The van der Waals surface area contributed by atoms with Crippen LogP contribution in [-0.2, 0) is 10.0 Å². The average Bonchev–Trinajstić information content (AvgIpc) is 2.68. The van der Waals surface area contributed by atoms with Gasteiger partial charge in [-0.2, -0.15) is 0 Å². The molecular weight excluding hydrogens is 378 g/mol. The number of methoxy groups -OCH3 is 1. The molecule has 1 heterocycles. The molecule has 0 atom stereocenters. The number of nitrogens with one attached hydrogen (secondary N) is 1. The molecule has 0 bridgehead atoms. The number of nitrogens with zero attached hydrogens (tertiary/aromatic N) is 2. The van der Waals surface area contributed by atoms with Crippen LogP contribution in [0.5, 0.6) is 5.75 Å². The van der Waals surface area contributed by atoms with Crippen LogP contribution in [0.4, 0.5) is 11.4 Å². The molecule has 2 aromatic carbocycles. The van der Waals surface area contributed by atoms with Crippen molar-refractivity contribution < 1.29 is 17.9 Å². The van der Waals surface area contributed by atoms with E-state index in [9.17, 15) is 13.2 Å². The molecule has 1 aliphatic heterocycles. The highest BCUT2D eigenvalue weighted by molar-refractivity contribution is 7.92. The summed E-state index contributed by atoms with van der Waals surface area (Å²) in [5.74, 6) is 0.736. The fraction of sp³-hybridized carbons (Fsp3) is 0.350. The van der Waals surface area contributed by atoms with Gasteiger partial charge in [-0.3, -0.25) is 9.52 Å². The molecule has 0 saturated carbocycles. The Morgan fingerprint density at radius 1 is 1.04 bits per heavy atom. The highest BCUT2D eigenvalue weighted by atomic mass is 32.2. The highest BCUT2D eigenvalue weighted by Crippen LogP contribution is 2.24. The lowest BCUT2D eigenvalue weighted by Crippen LogP contribution is -2.49. The lowest BCUT2D eigenvalue weighted by molar-refractivity contribution is 0.0746. The van der Waals surface area contributed by atoms with Gasteiger partial charge in [0.2, 0.25) is 10.0 Å². The van der Waals surface area contributed by atoms with E-state index in [0.29, 0.717) is 29.9 Å². The van der Waals surface area contributed by atoms with Crippen LogP contribution in [0.15, 0.2) is 42.5 Å². The van der Waals surface area contributed by atoms with E-state index in [0.717, 1.165) is 30.8 Å². The van der Waals surface area contributed by atoms with E-state index in [4.69, 9.17) is 4.74 Å². The van der Waals surface area contributed by atoms with Crippen LogP contribution in [0.1, 0.15) is 15.9 Å². The first kappa shape index (κ1) is 20.0. The number of benzene rings is 2. The maximum Gasteiger partial charge on any atom is 0.254 e. The van der Waals surface area contributed by atoms with Crippen LogP contribution in [0.2, 0.25) is 0 Å². The molecule has 3 rings (SSSR count). The van der Waals surface area contributed by atoms with Crippen LogP contribution < -0.4 is 14.4 Å². The standard InChI is InChI=1S/C20H25N3O4S/c1-15-18(5-4-6-19(15)21-28(3,25)26)20(24)23-13-11-22(12-14-23)16-7-9-17(27-2)10-8-16/h4-10,21H,11-14H2,1-3H3. The van der Waals surface area contributed by atoms with Gasteiger partial charge in [0, 0.05) is 37.4 Å². The molecule has 150 valence electrons. The Balaban J connectivity index is 1.69. The molecule has 1 amide bonds. The van der Waals surface area contributed by atoms with Gasteiger partial charge in [-0.1, -0.05) is 6.07 Å². The van der Waals surface area contributed by atoms with Crippen molar-refractivity contribution in [2.75, 3.05) is 49.2 Å². The summed E-state index contributed by atoms with van der Waals surface area (Å²) in [4.78, 5) is 17.0. The number of sulfonamides is 1. The molecule has 0 unspecified atom stereocenters.